The molecule has 0 aliphatic rings. The Bertz CT molecular complexity index is 525. The number of benzene rings is 1. The Hall–Kier alpha value is -1.97. The Kier molecular flexibility index (Phi) is 2.11. The average Bonchev–Trinajstić information content (AvgIpc) is 2.59. The van der Waals surface area contributed by atoms with E-state index in [1.807, 2.05) is 13.0 Å². The summed E-state index contributed by atoms with van der Waals surface area (Å²) in [5, 5.41) is 9.47. The summed E-state index contributed by atoms with van der Waals surface area (Å²) in [5.41, 5.74) is 1.50. The number of aryl methyl sites for hydroxylation is 1. The van der Waals surface area contributed by atoms with Crippen LogP contribution in [0.25, 0.3) is 11.0 Å². The second-order valence-electron chi connectivity index (χ2n) is 3.29. The summed E-state index contributed by atoms with van der Waals surface area (Å²) in [6.07, 6.45) is 0. The van der Waals surface area contributed by atoms with Crippen LogP contribution in [0.3, 0.4) is 0 Å². The SMILES string of the molecule is COc1cc(C)cc2oc(C(=O)O)cc12. The van der Waals surface area contributed by atoms with Gasteiger partial charge >= 0.3 is 5.97 Å². The highest BCUT2D eigenvalue weighted by molar-refractivity contribution is 5.94. The van der Waals surface area contributed by atoms with E-state index in [0.717, 1.165) is 5.56 Å². The predicted molar refractivity (Wildman–Crippen MR) is 54.5 cm³/mol. The van der Waals surface area contributed by atoms with Crippen LogP contribution in [-0.4, -0.2) is 18.2 Å². The van der Waals surface area contributed by atoms with Crippen LogP contribution in [0.1, 0.15) is 16.1 Å². The van der Waals surface area contributed by atoms with Crippen LogP contribution in [0, 0.1) is 6.92 Å². The lowest BCUT2D eigenvalue weighted by atomic mass is 10.1. The van der Waals surface area contributed by atoms with Gasteiger partial charge in [0, 0.05) is 6.07 Å². The molecule has 0 aliphatic heterocycles. The Balaban J connectivity index is 2.74. The first-order chi connectivity index (χ1) is 7.11. The van der Waals surface area contributed by atoms with Crippen LogP contribution in [0.4, 0.5) is 0 Å². The van der Waals surface area contributed by atoms with E-state index in [1.54, 1.807) is 13.2 Å². The third-order valence-corrected chi connectivity index (χ3v) is 2.17. The van der Waals surface area contributed by atoms with Gasteiger partial charge in [0.05, 0.1) is 12.5 Å². The quantitative estimate of drug-likeness (QED) is 0.819. The van der Waals surface area contributed by atoms with E-state index in [-0.39, 0.29) is 5.76 Å². The molecule has 78 valence electrons. The second-order valence-corrected chi connectivity index (χ2v) is 3.29. The van der Waals surface area contributed by atoms with Crippen LogP contribution >= 0.6 is 0 Å². The molecule has 0 saturated carbocycles. The van der Waals surface area contributed by atoms with Gasteiger partial charge in [-0.3, -0.25) is 0 Å². The molecule has 4 nitrogen and oxygen atoms in total. The van der Waals surface area contributed by atoms with Crippen molar-refractivity contribution >= 4 is 16.9 Å². The zero-order valence-corrected chi connectivity index (χ0v) is 8.40. The Morgan fingerprint density at radius 2 is 2.13 bits per heavy atom. The minimum absolute atomic E-state index is 0.0751. The van der Waals surface area contributed by atoms with Crippen molar-refractivity contribution in [1.29, 1.82) is 0 Å². The van der Waals surface area contributed by atoms with Gasteiger partial charge < -0.3 is 14.3 Å². The lowest BCUT2D eigenvalue weighted by Gasteiger charge is -2.01. The van der Waals surface area contributed by atoms with Crippen molar-refractivity contribution in [1.82, 2.24) is 0 Å². The molecule has 0 fully saturated rings. The maximum absolute atomic E-state index is 10.7. The van der Waals surface area contributed by atoms with Crippen LogP contribution in [0.15, 0.2) is 22.6 Å². The Morgan fingerprint density at radius 3 is 2.73 bits per heavy atom. The van der Waals surface area contributed by atoms with Crippen LogP contribution in [0.2, 0.25) is 0 Å². The molecule has 0 aliphatic carbocycles. The van der Waals surface area contributed by atoms with Crippen LogP contribution < -0.4 is 4.74 Å². The smallest absolute Gasteiger partial charge is 0.371 e. The molecule has 0 unspecified atom stereocenters. The Labute approximate surface area is 86.1 Å². The minimum Gasteiger partial charge on any atom is -0.496 e. The zero-order valence-electron chi connectivity index (χ0n) is 8.40. The normalized spacial score (nSPS) is 10.5. The highest BCUT2D eigenvalue weighted by Gasteiger charge is 2.13. The zero-order chi connectivity index (χ0) is 11.0. The van der Waals surface area contributed by atoms with Crippen LogP contribution in [0.5, 0.6) is 5.75 Å². The van der Waals surface area contributed by atoms with Crippen molar-refractivity contribution in [2.45, 2.75) is 6.92 Å². The molecule has 1 heterocycles. The molecule has 2 aromatic rings. The number of carbonyl (C=O) groups is 1. The van der Waals surface area contributed by atoms with Crippen molar-refractivity contribution in [3.05, 3.63) is 29.5 Å². The number of aromatic carboxylic acids is 1. The maximum atomic E-state index is 10.7. The van der Waals surface area contributed by atoms with E-state index in [4.69, 9.17) is 14.3 Å². The number of hydrogen-bond acceptors (Lipinski definition) is 3. The first-order valence-electron chi connectivity index (χ1n) is 4.43. The lowest BCUT2D eigenvalue weighted by Crippen LogP contribution is -1.91. The summed E-state index contributed by atoms with van der Waals surface area (Å²) in [7, 11) is 1.54. The maximum Gasteiger partial charge on any atom is 0.371 e. The largest absolute Gasteiger partial charge is 0.496 e. The summed E-state index contributed by atoms with van der Waals surface area (Å²) < 4.78 is 10.3. The monoisotopic (exact) mass is 206 g/mol. The van der Waals surface area contributed by atoms with E-state index in [2.05, 4.69) is 0 Å². The predicted octanol–water partition coefficient (Wildman–Crippen LogP) is 2.45. The molecule has 1 aromatic carbocycles. The van der Waals surface area contributed by atoms with Gasteiger partial charge in [-0.1, -0.05) is 0 Å². The van der Waals surface area contributed by atoms with Gasteiger partial charge in [-0.15, -0.1) is 0 Å². The molecule has 0 saturated heterocycles. The number of carboxylic acid groups (broad SMARTS) is 1. The first-order valence-corrected chi connectivity index (χ1v) is 4.43. The summed E-state index contributed by atoms with van der Waals surface area (Å²) in [6.45, 7) is 1.89. The minimum atomic E-state index is -1.08. The van der Waals surface area contributed by atoms with Gasteiger partial charge in [0.2, 0.25) is 5.76 Å². The van der Waals surface area contributed by atoms with Crippen molar-refractivity contribution in [2.24, 2.45) is 0 Å². The van der Waals surface area contributed by atoms with Gasteiger partial charge in [-0.25, -0.2) is 4.79 Å². The first kappa shape index (κ1) is 9.58. The van der Waals surface area contributed by atoms with E-state index in [9.17, 15) is 4.79 Å². The van der Waals surface area contributed by atoms with E-state index < -0.39 is 5.97 Å². The van der Waals surface area contributed by atoms with Crippen molar-refractivity contribution in [2.75, 3.05) is 7.11 Å². The van der Waals surface area contributed by atoms with E-state index in [0.29, 0.717) is 16.7 Å². The molecule has 1 N–H and O–H groups in total. The fraction of sp³-hybridized carbons (Fsp3) is 0.182. The fourth-order valence-corrected chi connectivity index (χ4v) is 1.51. The molecule has 0 radical (unpaired) electrons. The van der Waals surface area contributed by atoms with Gasteiger partial charge in [-0.2, -0.15) is 0 Å². The summed E-state index contributed by atoms with van der Waals surface area (Å²) in [6, 6.07) is 5.09. The van der Waals surface area contributed by atoms with Gasteiger partial charge in [-0.05, 0) is 24.6 Å². The number of methoxy groups -OCH3 is 1. The topological polar surface area (TPSA) is 59.7 Å². The molecule has 1 aromatic heterocycles. The van der Waals surface area contributed by atoms with Crippen LogP contribution in [-0.2, 0) is 0 Å². The van der Waals surface area contributed by atoms with Crippen molar-refractivity contribution < 1.29 is 19.1 Å². The van der Waals surface area contributed by atoms with E-state index >= 15 is 0 Å². The molecule has 4 heteroatoms. The average molecular weight is 206 g/mol. The van der Waals surface area contributed by atoms with Crippen molar-refractivity contribution in [3.8, 4) is 5.75 Å². The molecule has 15 heavy (non-hydrogen) atoms. The summed E-state index contributed by atoms with van der Waals surface area (Å²) in [5.74, 6) is -0.527. The van der Waals surface area contributed by atoms with Gasteiger partial charge in [0.25, 0.3) is 0 Å². The highest BCUT2D eigenvalue weighted by Crippen LogP contribution is 2.30. The van der Waals surface area contributed by atoms with Gasteiger partial charge in [0.15, 0.2) is 0 Å². The van der Waals surface area contributed by atoms with E-state index in [1.165, 1.54) is 6.07 Å². The van der Waals surface area contributed by atoms with Crippen molar-refractivity contribution in [3.63, 3.8) is 0 Å². The standard InChI is InChI=1S/C11H10O4/c1-6-3-8(14-2)7-5-10(11(12)13)15-9(7)4-6/h3-5H,1-2H3,(H,12,13). The lowest BCUT2D eigenvalue weighted by molar-refractivity contribution is 0.0665. The summed E-state index contributed by atoms with van der Waals surface area (Å²) >= 11 is 0. The molecular weight excluding hydrogens is 196 g/mol. The fourth-order valence-electron chi connectivity index (χ4n) is 1.51. The number of ether oxygens (including phenoxy) is 1. The molecular formula is C11H10O4. The second kappa shape index (κ2) is 3.31. The third-order valence-electron chi connectivity index (χ3n) is 2.17. The number of hydrogen-bond donors (Lipinski definition) is 1. The molecule has 0 bridgehead atoms. The number of rotatable bonds is 2. The Morgan fingerprint density at radius 1 is 1.40 bits per heavy atom. The van der Waals surface area contributed by atoms with Gasteiger partial charge in [0.1, 0.15) is 11.3 Å². The molecule has 2 rings (SSSR count). The molecule has 0 spiro atoms. The number of fused-ring (bicyclic) bond motifs is 1. The summed E-state index contributed by atoms with van der Waals surface area (Å²) in [4.78, 5) is 10.7. The third kappa shape index (κ3) is 1.54. The highest BCUT2D eigenvalue weighted by atomic mass is 16.5. The molecule has 0 amide bonds. The number of furan rings is 1. The number of carboxylic acids is 1. The molecule has 0 atom stereocenters.